The quantitative estimate of drug-likeness (QED) is 0.810. The summed E-state index contributed by atoms with van der Waals surface area (Å²) < 4.78 is 0. The van der Waals surface area contributed by atoms with Crippen molar-refractivity contribution in [2.24, 2.45) is 5.92 Å². The van der Waals surface area contributed by atoms with Crippen LogP contribution in [-0.2, 0) is 4.79 Å². The van der Waals surface area contributed by atoms with E-state index in [0.717, 1.165) is 22.0 Å². The topological polar surface area (TPSA) is 33.2 Å². The first-order valence-electron chi connectivity index (χ1n) is 6.56. The summed E-state index contributed by atoms with van der Waals surface area (Å²) in [7, 11) is 0. The lowest BCUT2D eigenvalue weighted by Gasteiger charge is -2.17. The van der Waals surface area contributed by atoms with Gasteiger partial charge < -0.3 is 4.90 Å². The third kappa shape index (κ3) is 2.58. The second-order valence-electron chi connectivity index (χ2n) is 5.03. The fraction of sp³-hybridized carbons (Fsp3) is 0.333. The second kappa shape index (κ2) is 5.54. The molecule has 3 nitrogen and oxygen atoms in total. The largest absolute Gasteiger partial charge is 0.312 e. The van der Waals surface area contributed by atoms with Crippen molar-refractivity contribution in [2.45, 2.75) is 13.3 Å². The average Bonchev–Trinajstić information content (AvgIpc) is 3.05. The van der Waals surface area contributed by atoms with Crippen LogP contribution in [0.15, 0.2) is 29.6 Å². The molecule has 1 unspecified atom stereocenters. The Hall–Kier alpha value is -1.39. The first-order chi connectivity index (χ1) is 9.67. The molecule has 1 amide bonds. The van der Waals surface area contributed by atoms with Crippen molar-refractivity contribution in [3.05, 3.63) is 34.7 Å². The third-order valence-corrected chi connectivity index (χ3v) is 4.71. The number of hydrogen-bond donors (Lipinski definition) is 0. The third-order valence-electron chi connectivity index (χ3n) is 3.50. The van der Waals surface area contributed by atoms with Crippen LogP contribution in [0.4, 0.5) is 5.69 Å². The van der Waals surface area contributed by atoms with Gasteiger partial charge in [-0.15, -0.1) is 22.9 Å². The molecule has 0 bridgehead atoms. The fourth-order valence-corrected chi connectivity index (χ4v) is 3.29. The lowest BCUT2D eigenvalue weighted by atomic mass is 10.1. The van der Waals surface area contributed by atoms with Crippen LogP contribution in [0, 0.1) is 12.8 Å². The molecule has 2 heterocycles. The van der Waals surface area contributed by atoms with Crippen molar-refractivity contribution in [1.82, 2.24) is 4.98 Å². The molecule has 3 rings (SSSR count). The zero-order chi connectivity index (χ0) is 14.1. The number of carbonyl (C=O) groups excluding carboxylic acids is 1. The van der Waals surface area contributed by atoms with E-state index >= 15 is 0 Å². The lowest BCUT2D eigenvalue weighted by Crippen LogP contribution is -2.24. The predicted molar refractivity (Wildman–Crippen MR) is 83.5 cm³/mol. The second-order valence-corrected chi connectivity index (χ2v) is 6.40. The van der Waals surface area contributed by atoms with Crippen molar-refractivity contribution in [2.75, 3.05) is 17.3 Å². The summed E-state index contributed by atoms with van der Waals surface area (Å²) in [6.07, 6.45) is 0.545. The Morgan fingerprint density at radius 1 is 1.50 bits per heavy atom. The lowest BCUT2D eigenvalue weighted by molar-refractivity contribution is -0.117. The number of halogens is 1. The molecule has 0 saturated carbocycles. The van der Waals surface area contributed by atoms with Gasteiger partial charge >= 0.3 is 0 Å². The van der Waals surface area contributed by atoms with E-state index in [4.69, 9.17) is 11.6 Å². The minimum Gasteiger partial charge on any atom is -0.312 e. The Kier molecular flexibility index (Phi) is 3.76. The zero-order valence-electron chi connectivity index (χ0n) is 11.2. The molecular weight excluding hydrogens is 292 g/mol. The van der Waals surface area contributed by atoms with Crippen LogP contribution in [0.1, 0.15) is 11.4 Å². The van der Waals surface area contributed by atoms with Gasteiger partial charge in [-0.1, -0.05) is 12.1 Å². The fourth-order valence-electron chi connectivity index (χ4n) is 2.46. The van der Waals surface area contributed by atoms with E-state index in [2.05, 4.69) is 4.98 Å². The van der Waals surface area contributed by atoms with Crippen LogP contribution in [0.3, 0.4) is 0 Å². The molecule has 20 heavy (non-hydrogen) atoms. The number of aryl methyl sites for hydroxylation is 1. The van der Waals surface area contributed by atoms with E-state index < -0.39 is 0 Å². The van der Waals surface area contributed by atoms with Gasteiger partial charge in [0.1, 0.15) is 0 Å². The molecule has 104 valence electrons. The van der Waals surface area contributed by atoms with E-state index in [1.807, 2.05) is 41.5 Å². The predicted octanol–water partition coefficient (Wildman–Crippen LogP) is 3.71. The van der Waals surface area contributed by atoms with E-state index in [0.29, 0.717) is 18.8 Å². The monoisotopic (exact) mass is 306 g/mol. The molecule has 1 aliphatic rings. The maximum Gasteiger partial charge on any atom is 0.227 e. The Morgan fingerprint density at radius 2 is 2.35 bits per heavy atom. The van der Waals surface area contributed by atoms with Gasteiger partial charge in [0.25, 0.3) is 0 Å². The van der Waals surface area contributed by atoms with Crippen LogP contribution in [0.25, 0.3) is 11.3 Å². The van der Waals surface area contributed by atoms with Gasteiger partial charge in [-0.2, -0.15) is 0 Å². The van der Waals surface area contributed by atoms with Crippen molar-refractivity contribution < 1.29 is 4.79 Å². The van der Waals surface area contributed by atoms with Gasteiger partial charge in [0.15, 0.2) is 0 Å². The standard InChI is InChI=1S/C15H15ClN2OS/c1-10-17-14(9-20-10)12-3-2-4-13(6-12)18-8-11(7-16)5-15(18)19/h2-4,6,9,11H,5,7-8H2,1H3. The number of rotatable bonds is 3. The number of amides is 1. The molecule has 0 spiro atoms. The van der Waals surface area contributed by atoms with E-state index in [-0.39, 0.29) is 11.8 Å². The maximum absolute atomic E-state index is 12.0. The Labute approximate surface area is 127 Å². The number of nitrogens with zero attached hydrogens (tertiary/aromatic N) is 2. The highest BCUT2D eigenvalue weighted by molar-refractivity contribution is 7.09. The Morgan fingerprint density at radius 3 is 3.00 bits per heavy atom. The zero-order valence-corrected chi connectivity index (χ0v) is 12.7. The molecule has 0 aliphatic carbocycles. The van der Waals surface area contributed by atoms with Crippen molar-refractivity contribution in [3.63, 3.8) is 0 Å². The summed E-state index contributed by atoms with van der Waals surface area (Å²) in [4.78, 5) is 18.4. The molecule has 1 aromatic carbocycles. The van der Waals surface area contributed by atoms with Gasteiger partial charge in [-0.25, -0.2) is 4.98 Å². The number of benzene rings is 1. The molecule has 0 radical (unpaired) electrons. The van der Waals surface area contributed by atoms with Crippen LogP contribution < -0.4 is 4.90 Å². The first kappa shape index (κ1) is 13.6. The average molecular weight is 307 g/mol. The summed E-state index contributed by atoms with van der Waals surface area (Å²) in [5, 5.41) is 3.09. The summed E-state index contributed by atoms with van der Waals surface area (Å²) in [5.74, 6) is 0.948. The van der Waals surface area contributed by atoms with Crippen LogP contribution in [-0.4, -0.2) is 23.3 Å². The van der Waals surface area contributed by atoms with Crippen LogP contribution >= 0.6 is 22.9 Å². The number of hydrogen-bond acceptors (Lipinski definition) is 3. The molecule has 1 aromatic heterocycles. The number of anilines is 1. The highest BCUT2D eigenvalue weighted by atomic mass is 35.5. The van der Waals surface area contributed by atoms with Gasteiger partial charge in [-0.05, 0) is 25.0 Å². The van der Waals surface area contributed by atoms with Crippen molar-refractivity contribution in [3.8, 4) is 11.3 Å². The molecule has 1 atom stereocenters. The first-order valence-corrected chi connectivity index (χ1v) is 7.97. The molecule has 1 fully saturated rings. The van der Waals surface area contributed by atoms with Gasteiger partial charge in [0.2, 0.25) is 5.91 Å². The minimum absolute atomic E-state index is 0.155. The van der Waals surface area contributed by atoms with E-state index in [1.54, 1.807) is 11.3 Å². The molecule has 5 heteroatoms. The van der Waals surface area contributed by atoms with E-state index in [9.17, 15) is 4.79 Å². The van der Waals surface area contributed by atoms with Gasteiger partial charge in [-0.3, -0.25) is 4.79 Å². The minimum atomic E-state index is 0.155. The molecule has 2 aromatic rings. The van der Waals surface area contributed by atoms with Crippen LogP contribution in [0.5, 0.6) is 0 Å². The summed E-state index contributed by atoms with van der Waals surface area (Å²) in [6.45, 7) is 2.70. The number of alkyl halides is 1. The number of carbonyl (C=O) groups is 1. The van der Waals surface area contributed by atoms with Crippen LogP contribution in [0.2, 0.25) is 0 Å². The van der Waals surface area contributed by atoms with Crippen molar-refractivity contribution in [1.29, 1.82) is 0 Å². The number of thiazole rings is 1. The Balaban J connectivity index is 1.90. The SMILES string of the molecule is Cc1nc(-c2cccc(N3CC(CCl)CC3=O)c2)cs1. The molecule has 1 aliphatic heterocycles. The van der Waals surface area contributed by atoms with Crippen molar-refractivity contribution >= 4 is 34.5 Å². The maximum atomic E-state index is 12.0. The molecule has 0 N–H and O–H groups in total. The highest BCUT2D eigenvalue weighted by Gasteiger charge is 2.30. The summed E-state index contributed by atoms with van der Waals surface area (Å²) >= 11 is 7.50. The summed E-state index contributed by atoms with van der Waals surface area (Å²) in [6, 6.07) is 8.00. The van der Waals surface area contributed by atoms with E-state index in [1.165, 1.54) is 0 Å². The normalized spacial score (nSPS) is 18.8. The van der Waals surface area contributed by atoms with Gasteiger partial charge in [0, 0.05) is 35.5 Å². The highest BCUT2D eigenvalue weighted by Crippen LogP contribution is 2.30. The summed E-state index contributed by atoms with van der Waals surface area (Å²) in [5.41, 5.74) is 2.95. The van der Waals surface area contributed by atoms with Gasteiger partial charge in [0.05, 0.1) is 10.7 Å². The smallest absolute Gasteiger partial charge is 0.227 e. The Bertz CT molecular complexity index is 640. The number of aromatic nitrogens is 1. The molecule has 1 saturated heterocycles. The molecular formula is C15H15ClN2OS.